The van der Waals surface area contributed by atoms with E-state index in [1.807, 2.05) is 30.3 Å². The van der Waals surface area contributed by atoms with Gasteiger partial charge in [-0.1, -0.05) is 30.3 Å². The predicted octanol–water partition coefficient (Wildman–Crippen LogP) is 1.68. The first-order valence-electron chi connectivity index (χ1n) is 2.49. The van der Waals surface area contributed by atoms with E-state index in [9.17, 15) is 0 Å². The fraction of sp³-hybridized carbons (Fsp3) is 0. The quantitative estimate of drug-likeness (QED) is 0.540. The van der Waals surface area contributed by atoms with Crippen LogP contribution in [0.15, 0.2) is 30.3 Å². The zero-order valence-electron chi connectivity index (χ0n) is 4.78. The average Bonchev–Trinajstić information content (AvgIpc) is 1.90. The molecule has 0 spiro atoms. The maximum atomic E-state index is 6.82. The Bertz CT molecular complexity index is 172. The molecule has 0 radical (unpaired) electrons. The van der Waals surface area contributed by atoms with Gasteiger partial charge in [-0.15, -0.1) is 0 Å². The van der Waals surface area contributed by atoms with Gasteiger partial charge in [-0.3, -0.25) is 0 Å². The zero-order chi connectivity index (χ0) is 5.82. The van der Waals surface area contributed by atoms with E-state index in [1.54, 1.807) is 0 Å². The molecule has 0 fully saturated rings. The Hall–Kier alpha value is -0.448. The molecule has 0 heterocycles. The summed E-state index contributed by atoms with van der Waals surface area (Å²) in [7, 11) is 0. The Kier molecular flexibility index (Phi) is 4.21. The predicted molar refractivity (Wildman–Crippen MR) is 34.3 cm³/mol. The van der Waals surface area contributed by atoms with Crippen molar-refractivity contribution >= 4 is 6.21 Å². The molecule has 0 aromatic heterocycles. The minimum absolute atomic E-state index is 0. The van der Waals surface area contributed by atoms with Crippen molar-refractivity contribution in [3.8, 4) is 0 Å². The molecular formula is C7H7NPd. The van der Waals surface area contributed by atoms with Crippen LogP contribution in [0.25, 0.3) is 0 Å². The fourth-order valence-corrected chi connectivity index (χ4v) is 0.549. The van der Waals surface area contributed by atoms with Crippen LogP contribution in [-0.4, -0.2) is 6.21 Å². The first kappa shape index (κ1) is 8.55. The van der Waals surface area contributed by atoms with Gasteiger partial charge in [-0.2, -0.15) is 0 Å². The van der Waals surface area contributed by atoms with E-state index in [4.69, 9.17) is 5.41 Å². The van der Waals surface area contributed by atoms with Crippen molar-refractivity contribution in [3.63, 3.8) is 0 Å². The maximum absolute atomic E-state index is 6.82. The second-order valence-corrected chi connectivity index (χ2v) is 1.56. The maximum Gasteiger partial charge on any atom is 0.0250 e. The third-order valence-electron chi connectivity index (χ3n) is 0.966. The summed E-state index contributed by atoms with van der Waals surface area (Å²) in [6, 6.07) is 9.56. The Morgan fingerprint density at radius 1 is 1.11 bits per heavy atom. The Labute approximate surface area is 68.3 Å². The van der Waals surface area contributed by atoms with E-state index >= 15 is 0 Å². The Morgan fingerprint density at radius 3 is 2.00 bits per heavy atom. The molecule has 1 rings (SSSR count). The summed E-state index contributed by atoms with van der Waals surface area (Å²) in [6.07, 6.45) is 1.33. The van der Waals surface area contributed by atoms with Gasteiger partial charge in [0.15, 0.2) is 0 Å². The van der Waals surface area contributed by atoms with Crippen molar-refractivity contribution < 1.29 is 20.4 Å². The molecule has 9 heavy (non-hydrogen) atoms. The third-order valence-corrected chi connectivity index (χ3v) is 0.966. The van der Waals surface area contributed by atoms with Crippen LogP contribution in [0.1, 0.15) is 5.56 Å². The summed E-state index contributed by atoms with van der Waals surface area (Å²) in [4.78, 5) is 0. The Morgan fingerprint density at radius 2 is 1.67 bits per heavy atom. The number of hydrogen-bond acceptors (Lipinski definition) is 1. The Balaban J connectivity index is 0.000000640. The smallest absolute Gasteiger partial charge is 0.0250 e. The molecule has 1 N–H and O–H groups in total. The van der Waals surface area contributed by atoms with E-state index in [0.717, 1.165) is 5.56 Å². The van der Waals surface area contributed by atoms with Gasteiger partial charge < -0.3 is 5.41 Å². The molecule has 50 valence electrons. The molecule has 1 aromatic rings. The van der Waals surface area contributed by atoms with Gasteiger partial charge in [0.05, 0.1) is 0 Å². The van der Waals surface area contributed by atoms with E-state index in [2.05, 4.69) is 0 Å². The number of rotatable bonds is 1. The number of hydrogen-bond donors (Lipinski definition) is 1. The van der Waals surface area contributed by atoms with Gasteiger partial charge in [0, 0.05) is 26.6 Å². The van der Waals surface area contributed by atoms with Gasteiger partial charge in [0.2, 0.25) is 0 Å². The van der Waals surface area contributed by atoms with E-state index in [0.29, 0.717) is 0 Å². The average molecular weight is 212 g/mol. The summed E-state index contributed by atoms with van der Waals surface area (Å²) in [5.74, 6) is 0. The van der Waals surface area contributed by atoms with Crippen LogP contribution in [0.3, 0.4) is 0 Å². The van der Waals surface area contributed by atoms with Crippen LogP contribution in [-0.2, 0) is 20.4 Å². The topological polar surface area (TPSA) is 23.9 Å². The SMILES string of the molecule is N=Cc1ccccc1.[Pd]. The van der Waals surface area contributed by atoms with Gasteiger partial charge in [-0.05, 0) is 5.56 Å². The molecular weight excluding hydrogens is 205 g/mol. The molecule has 0 bridgehead atoms. The first-order chi connectivity index (χ1) is 3.93. The van der Waals surface area contributed by atoms with Crippen LogP contribution in [0.5, 0.6) is 0 Å². The van der Waals surface area contributed by atoms with Crippen molar-refractivity contribution in [3.05, 3.63) is 35.9 Å². The summed E-state index contributed by atoms with van der Waals surface area (Å²) in [6.45, 7) is 0. The third kappa shape index (κ3) is 2.55. The van der Waals surface area contributed by atoms with Crippen molar-refractivity contribution in [2.75, 3.05) is 0 Å². The van der Waals surface area contributed by atoms with Crippen LogP contribution in [0, 0.1) is 5.41 Å². The minimum Gasteiger partial charge on any atom is -0.308 e. The summed E-state index contributed by atoms with van der Waals surface area (Å²) < 4.78 is 0. The molecule has 0 amide bonds. The minimum atomic E-state index is 0. The number of nitrogens with one attached hydrogen (secondary N) is 1. The van der Waals surface area contributed by atoms with Crippen LogP contribution >= 0.6 is 0 Å². The molecule has 0 atom stereocenters. The normalized spacial score (nSPS) is 7.56. The first-order valence-corrected chi connectivity index (χ1v) is 2.49. The van der Waals surface area contributed by atoms with Crippen molar-refractivity contribution in [1.29, 1.82) is 5.41 Å². The van der Waals surface area contributed by atoms with E-state index in [1.165, 1.54) is 6.21 Å². The molecule has 0 aliphatic heterocycles. The molecule has 1 aromatic carbocycles. The van der Waals surface area contributed by atoms with Crippen molar-refractivity contribution in [2.45, 2.75) is 0 Å². The molecule has 0 unspecified atom stereocenters. The molecule has 0 saturated carbocycles. The van der Waals surface area contributed by atoms with Crippen molar-refractivity contribution in [2.24, 2.45) is 0 Å². The van der Waals surface area contributed by atoms with Gasteiger partial charge in [-0.25, -0.2) is 0 Å². The van der Waals surface area contributed by atoms with Crippen LogP contribution in [0.2, 0.25) is 0 Å². The summed E-state index contributed by atoms with van der Waals surface area (Å²) in [5.41, 5.74) is 0.951. The van der Waals surface area contributed by atoms with E-state index in [-0.39, 0.29) is 20.4 Å². The molecule has 2 heteroatoms. The van der Waals surface area contributed by atoms with Crippen molar-refractivity contribution in [1.82, 2.24) is 0 Å². The molecule has 0 aliphatic carbocycles. The standard InChI is InChI=1S/C7H7N.Pd/c8-6-7-4-2-1-3-5-7;/h1-6,8H;. The number of benzene rings is 1. The monoisotopic (exact) mass is 211 g/mol. The van der Waals surface area contributed by atoms with E-state index < -0.39 is 0 Å². The van der Waals surface area contributed by atoms with Gasteiger partial charge in [0.25, 0.3) is 0 Å². The summed E-state index contributed by atoms with van der Waals surface area (Å²) in [5, 5.41) is 6.82. The second kappa shape index (κ2) is 4.43. The molecule has 0 saturated heterocycles. The van der Waals surface area contributed by atoms with Gasteiger partial charge in [0.1, 0.15) is 0 Å². The second-order valence-electron chi connectivity index (χ2n) is 1.56. The molecule has 1 nitrogen and oxygen atoms in total. The fourth-order valence-electron chi connectivity index (χ4n) is 0.549. The van der Waals surface area contributed by atoms with Crippen LogP contribution in [0.4, 0.5) is 0 Å². The zero-order valence-corrected chi connectivity index (χ0v) is 6.33. The van der Waals surface area contributed by atoms with Gasteiger partial charge >= 0.3 is 0 Å². The molecule has 0 aliphatic rings. The van der Waals surface area contributed by atoms with Crippen LogP contribution < -0.4 is 0 Å². The summed E-state index contributed by atoms with van der Waals surface area (Å²) >= 11 is 0. The largest absolute Gasteiger partial charge is 0.308 e.